The van der Waals surface area contributed by atoms with Crippen molar-refractivity contribution in [3.05, 3.63) is 402 Å². The monoisotopic (exact) mass is 1700 g/mol. The van der Waals surface area contributed by atoms with E-state index in [1.54, 1.807) is 0 Å². The molecule has 0 N–H and O–H groups in total. The van der Waals surface area contributed by atoms with Crippen molar-refractivity contribution in [1.29, 1.82) is 0 Å². The van der Waals surface area contributed by atoms with E-state index in [1.165, 1.54) is 160 Å². The van der Waals surface area contributed by atoms with Gasteiger partial charge in [0.25, 0.3) is 0 Å². The summed E-state index contributed by atoms with van der Waals surface area (Å²) in [4.78, 5) is 0. The molecule has 3 aliphatic rings. The Morgan fingerprint density at radius 2 is 0.410 bits per heavy atom. The van der Waals surface area contributed by atoms with Crippen LogP contribution in [0.4, 0.5) is 0 Å². The van der Waals surface area contributed by atoms with Gasteiger partial charge in [-0.15, -0.1) is 0 Å². The maximum absolute atomic E-state index is 4.06. The SMILES string of the molecule is CCC1(CC)c2cc(-c3cc(-c4ccc(C(C)(C)C)cc4)cc(-c4ccc(C(C)(C)C)cc4)c3)ccc2-c2cc[c]([Ge]([c]3ccccc3)([c]3ccccc3)[c]3ccc4c(c3)C(CC)(CC)c3c[c]([Ge]([c]5ccccc5)([c]5ccccc5)[c]5ccc6c(c5)C(CC)(CC)c5c[c]([Ge]([CH3])([c]7ccccc7)[c]7ccccc7)ccc5-6)ccc3-4)cc21. The number of hydrogen-bond donors (Lipinski definition) is 0. The standard InChI is InChI=1S/C114H110Ge3/c1-14-112(15-2)104-73-81(84-71-82(79-50-55-85(56-51-79)110(7,8)9)70-83(72-84)80-52-57-86(58-53-80)111(10,11)12)54-64-98(104)100-66-60-94(75-106(100)112)116(89-42-30-22-31-43-89,90-44-32-23-33-45-90)96-62-68-102-103-69-63-97(78-109(103)114(18-5,19-6)108(102)77-96)117(91-46-34-24-35-47-91,92-48-36-25-37-49-92)95-61-67-101-99-65-59-93(74-105(99)113(16-3,17-4)107(101)76-95)115(13,87-38-26-20-27-39-87)88-40-28-21-29-41-88/h20-78H,14-19H2,1-13H3. The molecule has 0 aliphatic heterocycles. The Bertz CT molecular complexity index is 6000. The van der Waals surface area contributed by atoms with Crippen molar-refractivity contribution < 1.29 is 0 Å². The van der Waals surface area contributed by atoms with E-state index in [2.05, 4.69) is 447 Å². The van der Waals surface area contributed by atoms with Gasteiger partial charge in [-0.05, 0) is 22.0 Å². The van der Waals surface area contributed by atoms with Gasteiger partial charge in [-0.3, -0.25) is 0 Å². The van der Waals surface area contributed by atoms with Crippen molar-refractivity contribution in [2.24, 2.45) is 0 Å². The van der Waals surface area contributed by atoms with Gasteiger partial charge in [-0.2, -0.15) is 0 Å². The second-order valence-corrected chi connectivity index (χ2v) is 60.5. The first-order valence-corrected chi connectivity index (χ1v) is 57.0. The molecule has 117 heavy (non-hydrogen) atoms. The van der Waals surface area contributed by atoms with E-state index >= 15 is 0 Å². The fraction of sp³-hybridized carbons (Fsp3) is 0.211. The fourth-order valence-corrected chi connectivity index (χ4v) is 49.7. The van der Waals surface area contributed by atoms with E-state index in [9.17, 15) is 0 Å². The van der Waals surface area contributed by atoms with E-state index in [-0.39, 0.29) is 27.1 Å². The van der Waals surface area contributed by atoms with Gasteiger partial charge in [0.05, 0.1) is 0 Å². The van der Waals surface area contributed by atoms with Crippen LogP contribution in [0.3, 0.4) is 0 Å². The molecule has 0 spiro atoms. The minimum atomic E-state index is -4.06. The number of fused-ring (bicyclic) bond motifs is 9. The molecule has 0 bridgehead atoms. The Morgan fingerprint density at radius 3 is 0.667 bits per heavy atom. The van der Waals surface area contributed by atoms with Crippen molar-refractivity contribution >= 4 is 88.2 Å². The zero-order valence-corrected chi connectivity index (χ0v) is 77.1. The van der Waals surface area contributed by atoms with Crippen LogP contribution in [0.5, 0.6) is 0 Å². The molecular formula is C114H110Ge3. The van der Waals surface area contributed by atoms with Gasteiger partial charge < -0.3 is 0 Å². The van der Waals surface area contributed by atoms with Crippen molar-refractivity contribution in [1.82, 2.24) is 0 Å². The molecule has 3 aliphatic carbocycles. The van der Waals surface area contributed by atoms with E-state index in [4.69, 9.17) is 0 Å². The minimum absolute atomic E-state index is 0.0622. The van der Waals surface area contributed by atoms with Crippen molar-refractivity contribution in [3.8, 4) is 66.8 Å². The number of benzene rings is 15. The van der Waals surface area contributed by atoms with Gasteiger partial charge in [0, 0.05) is 0 Å². The molecule has 0 unspecified atom stereocenters. The number of rotatable bonds is 20. The molecule has 0 heterocycles. The average Bonchev–Trinajstić information content (AvgIpc) is 1.57. The van der Waals surface area contributed by atoms with Crippen molar-refractivity contribution in [3.63, 3.8) is 0 Å². The summed E-state index contributed by atoms with van der Waals surface area (Å²) in [5.41, 5.74) is 26.8. The third-order valence-corrected chi connectivity index (χ3v) is 58.2. The van der Waals surface area contributed by atoms with Crippen LogP contribution >= 0.6 is 0 Å². The van der Waals surface area contributed by atoms with Crippen LogP contribution in [0, 0.1) is 0 Å². The third-order valence-electron chi connectivity index (χ3n) is 29.0. The van der Waals surface area contributed by atoms with Crippen LogP contribution in [0.1, 0.15) is 166 Å². The summed E-state index contributed by atoms with van der Waals surface area (Å²) >= 11 is -11.3. The second-order valence-electron chi connectivity index (χ2n) is 36.2. The predicted octanol–water partition coefficient (Wildman–Crippen LogP) is 22.4. The summed E-state index contributed by atoms with van der Waals surface area (Å²) in [6.07, 6.45) is 5.96. The first-order chi connectivity index (χ1) is 56.8. The topological polar surface area (TPSA) is 0 Å². The fourth-order valence-electron chi connectivity index (χ4n) is 22.2. The first kappa shape index (κ1) is 78.1. The van der Waals surface area contributed by atoms with Crippen LogP contribution in [0.25, 0.3) is 66.8 Å². The van der Waals surface area contributed by atoms with E-state index in [0.29, 0.717) is 0 Å². The molecule has 0 amide bonds. The van der Waals surface area contributed by atoms with Crippen LogP contribution in [0.15, 0.2) is 358 Å². The molecule has 15 aromatic rings. The molecule has 18 rings (SSSR count). The summed E-state index contributed by atoms with van der Waals surface area (Å²) in [7, 11) is 0. The molecule has 0 fully saturated rings. The molecule has 0 nitrogen and oxygen atoms in total. The van der Waals surface area contributed by atoms with Gasteiger partial charge >= 0.3 is 624 Å². The average molecular weight is 1700 g/mol. The van der Waals surface area contributed by atoms with Gasteiger partial charge in [0.1, 0.15) is 0 Å². The van der Waals surface area contributed by atoms with Crippen LogP contribution in [-0.2, 0) is 27.1 Å². The molecule has 0 saturated heterocycles. The first-order valence-electron chi connectivity index (χ1n) is 43.4. The van der Waals surface area contributed by atoms with Gasteiger partial charge in [0.15, 0.2) is 0 Å². The molecule has 15 aromatic carbocycles. The third kappa shape index (κ3) is 12.4. The van der Waals surface area contributed by atoms with E-state index in [1.807, 2.05) is 0 Å². The summed E-state index contributed by atoms with van der Waals surface area (Å²) in [6.45, 7) is 28.6. The van der Waals surface area contributed by atoms with Crippen LogP contribution in [0.2, 0.25) is 5.76 Å². The Labute approximate surface area is 705 Å². The molecule has 0 aromatic heterocycles. The molecule has 0 saturated carbocycles. The second kappa shape index (κ2) is 30.4. The van der Waals surface area contributed by atoms with Crippen LogP contribution in [-0.4, -0.2) is 39.8 Å². The predicted molar refractivity (Wildman–Crippen MR) is 511 cm³/mol. The zero-order valence-electron chi connectivity index (χ0n) is 70.8. The Morgan fingerprint density at radius 1 is 0.197 bits per heavy atom. The van der Waals surface area contributed by atoms with Gasteiger partial charge in [0.2, 0.25) is 0 Å². The maximum atomic E-state index is 2.79. The van der Waals surface area contributed by atoms with Crippen molar-refractivity contribution in [2.45, 2.75) is 154 Å². The molecule has 0 atom stereocenters. The molecular weight excluding hydrogens is 1590 g/mol. The zero-order chi connectivity index (χ0) is 80.9. The Balaban J connectivity index is 0.778. The molecule has 3 heteroatoms. The van der Waals surface area contributed by atoms with E-state index in [0.717, 1.165) is 38.5 Å². The summed E-state index contributed by atoms with van der Waals surface area (Å²) < 4.78 is 16.2. The van der Waals surface area contributed by atoms with Crippen molar-refractivity contribution in [2.75, 3.05) is 0 Å². The Kier molecular flexibility index (Phi) is 20.3. The number of hydrogen-bond acceptors (Lipinski definition) is 0. The quantitative estimate of drug-likeness (QED) is 0.0667. The van der Waals surface area contributed by atoms with Crippen LogP contribution < -0.4 is 48.4 Å². The summed E-state index contributed by atoms with van der Waals surface area (Å²) in [6, 6.07) is 143. The van der Waals surface area contributed by atoms with Gasteiger partial charge in [-0.1, -0.05) is 65.8 Å². The summed E-state index contributed by atoms with van der Waals surface area (Å²) in [5.74, 6) is 2.63. The summed E-state index contributed by atoms with van der Waals surface area (Å²) in [5, 5.41) is 0. The Hall–Kier alpha value is -10.1. The van der Waals surface area contributed by atoms with E-state index < -0.39 is 39.8 Å². The van der Waals surface area contributed by atoms with Gasteiger partial charge in [-0.25, -0.2) is 0 Å². The normalized spacial score (nSPS) is 14.3. The molecule has 578 valence electrons. The molecule has 0 radical (unpaired) electrons.